The topological polar surface area (TPSA) is 77.5 Å². The van der Waals surface area contributed by atoms with Gasteiger partial charge in [-0.2, -0.15) is 0 Å². The number of nitrogens with zero attached hydrogens (tertiary/aromatic N) is 2. The van der Waals surface area contributed by atoms with Crippen LogP contribution in [0.15, 0.2) is 54.7 Å². The summed E-state index contributed by atoms with van der Waals surface area (Å²) >= 11 is 6.34. The van der Waals surface area contributed by atoms with Gasteiger partial charge in [0.05, 0.1) is 10.7 Å². The second-order valence-electron chi connectivity index (χ2n) is 7.78. The van der Waals surface area contributed by atoms with E-state index in [1.54, 1.807) is 18.3 Å². The van der Waals surface area contributed by atoms with Crippen molar-refractivity contribution in [2.75, 3.05) is 29.9 Å². The number of carbonyl (C=O) groups is 1. The fourth-order valence-corrected chi connectivity index (χ4v) is 4.11. The number of hydrogen-bond donors (Lipinski definition) is 3. The third-order valence-corrected chi connectivity index (χ3v) is 5.69. The molecule has 4 rings (SSSR count). The zero-order chi connectivity index (χ0) is 22.0. The van der Waals surface area contributed by atoms with Gasteiger partial charge in [0.1, 0.15) is 11.6 Å². The number of hydrogen-bond acceptors (Lipinski definition) is 5. The minimum Gasteiger partial charge on any atom is -0.507 e. The molecule has 1 aliphatic rings. The number of halogens is 1. The van der Waals surface area contributed by atoms with Crippen LogP contribution in [0, 0.1) is 0 Å². The molecule has 160 valence electrons. The van der Waals surface area contributed by atoms with Crippen molar-refractivity contribution in [1.29, 1.82) is 0 Å². The summed E-state index contributed by atoms with van der Waals surface area (Å²) in [6, 6.07) is 15.3. The van der Waals surface area contributed by atoms with Crippen molar-refractivity contribution < 1.29 is 9.90 Å². The Labute approximate surface area is 186 Å². The van der Waals surface area contributed by atoms with Gasteiger partial charge in [-0.05, 0) is 42.3 Å². The highest BCUT2D eigenvalue weighted by atomic mass is 35.5. The molecule has 1 aromatic heterocycles. The lowest BCUT2D eigenvalue weighted by atomic mass is 9.97. The molecular formula is C24H25ClN4O2. The summed E-state index contributed by atoms with van der Waals surface area (Å²) < 4.78 is 0. The summed E-state index contributed by atoms with van der Waals surface area (Å²) in [5.41, 5.74) is 3.60. The number of aromatic nitrogens is 1. The van der Waals surface area contributed by atoms with E-state index < -0.39 is 0 Å². The fraction of sp³-hybridized carbons (Fsp3) is 0.250. The number of phenols is 1. The van der Waals surface area contributed by atoms with Crippen molar-refractivity contribution >= 4 is 29.0 Å². The van der Waals surface area contributed by atoms with Crippen molar-refractivity contribution in [1.82, 2.24) is 10.3 Å². The predicted molar refractivity (Wildman–Crippen MR) is 126 cm³/mol. The second kappa shape index (κ2) is 8.96. The van der Waals surface area contributed by atoms with Crippen LogP contribution < -0.4 is 15.5 Å². The summed E-state index contributed by atoms with van der Waals surface area (Å²) in [5.74, 6) is 0.891. The number of para-hydroxylation sites is 1. The zero-order valence-corrected chi connectivity index (χ0v) is 18.3. The number of aromatic hydroxyl groups is 1. The number of phenolic OH excluding ortho intramolecular Hbond substituents is 1. The lowest BCUT2D eigenvalue weighted by Gasteiger charge is -2.32. The number of piperazine rings is 1. The van der Waals surface area contributed by atoms with Crippen LogP contribution in [0.2, 0.25) is 5.02 Å². The Hall–Kier alpha value is -3.09. The van der Waals surface area contributed by atoms with Gasteiger partial charge in [0.25, 0.3) is 0 Å². The SMILES string of the molecule is CC(=O)Nc1ccc(-c2cccc(-c3ccnc(N4CCN[C@H](C)C4)c3)c2O)cc1Cl. The summed E-state index contributed by atoms with van der Waals surface area (Å²) in [6.45, 7) is 6.30. The Kier molecular flexibility index (Phi) is 6.11. The smallest absolute Gasteiger partial charge is 0.221 e. The molecule has 3 aromatic rings. The Morgan fingerprint density at radius 1 is 1.19 bits per heavy atom. The molecule has 2 aromatic carbocycles. The first-order valence-electron chi connectivity index (χ1n) is 10.3. The maximum absolute atomic E-state index is 11.3. The molecule has 1 atom stereocenters. The van der Waals surface area contributed by atoms with Crippen LogP contribution in [0.25, 0.3) is 22.3 Å². The standard InChI is InChI=1S/C24H25ClN4O2/c1-15-14-29(11-10-26-15)23-13-18(8-9-27-23)20-5-3-4-19(24(20)31)17-6-7-22(21(25)12-17)28-16(2)30/h3-9,12-13,15,26,31H,10-11,14H2,1-2H3,(H,28,30)/t15-/m1/s1. The van der Waals surface area contributed by atoms with Crippen LogP contribution in [0.1, 0.15) is 13.8 Å². The maximum atomic E-state index is 11.3. The Morgan fingerprint density at radius 2 is 1.94 bits per heavy atom. The van der Waals surface area contributed by atoms with Crippen molar-refractivity contribution in [3.8, 4) is 28.0 Å². The minimum absolute atomic E-state index is 0.177. The van der Waals surface area contributed by atoms with Gasteiger partial charge in [-0.15, -0.1) is 0 Å². The number of amides is 1. The molecule has 1 fully saturated rings. The summed E-state index contributed by atoms with van der Waals surface area (Å²) in [4.78, 5) is 18.1. The second-order valence-corrected chi connectivity index (χ2v) is 8.19. The largest absolute Gasteiger partial charge is 0.507 e. The van der Waals surface area contributed by atoms with E-state index in [-0.39, 0.29) is 11.7 Å². The van der Waals surface area contributed by atoms with E-state index in [4.69, 9.17) is 11.6 Å². The van der Waals surface area contributed by atoms with Crippen LogP contribution in [0.3, 0.4) is 0 Å². The Morgan fingerprint density at radius 3 is 2.61 bits per heavy atom. The number of benzene rings is 2. The van der Waals surface area contributed by atoms with Crippen LogP contribution in [0.5, 0.6) is 5.75 Å². The van der Waals surface area contributed by atoms with Gasteiger partial charge in [-0.25, -0.2) is 4.98 Å². The van der Waals surface area contributed by atoms with Gasteiger partial charge in [0.15, 0.2) is 0 Å². The highest BCUT2D eigenvalue weighted by Crippen LogP contribution is 2.40. The van der Waals surface area contributed by atoms with E-state index in [2.05, 4.69) is 27.4 Å². The predicted octanol–water partition coefficient (Wildman–Crippen LogP) is 4.53. The van der Waals surface area contributed by atoms with Gasteiger partial charge in [0, 0.05) is 49.9 Å². The average Bonchev–Trinajstić information content (AvgIpc) is 2.75. The molecular weight excluding hydrogens is 412 g/mol. The Bertz CT molecular complexity index is 1120. The van der Waals surface area contributed by atoms with Gasteiger partial charge >= 0.3 is 0 Å². The first-order chi connectivity index (χ1) is 14.9. The monoisotopic (exact) mass is 436 g/mol. The van der Waals surface area contributed by atoms with Crippen molar-refractivity contribution in [3.63, 3.8) is 0 Å². The minimum atomic E-state index is -0.188. The lowest BCUT2D eigenvalue weighted by molar-refractivity contribution is -0.114. The molecule has 0 radical (unpaired) electrons. The van der Waals surface area contributed by atoms with E-state index in [0.29, 0.717) is 22.3 Å². The number of nitrogens with one attached hydrogen (secondary N) is 2. The molecule has 1 saturated heterocycles. The highest BCUT2D eigenvalue weighted by molar-refractivity contribution is 6.34. The molecule has 1 amide bonds. The van der Waals surface area contributed by atoms with E-state index in [1.165, 1.54) is 6.92 Å². The van der Waals surface area contributed by atoms with E-state index in [0.717, 1.165) is 42.1 Å². The molecule has 0 saturated carbocycles. The number of carbonyl (C=O) groups excluding carboxylic acids is 1. The van der Waals surface area contributed by atoms with E-state index in [9.17, 15) is 9.90 Å². The summed E-state index contributed by atoms with van der Waals surface area (Å²) in [6.07, 6.45) is 1.78. The van der Waals surface area contributed by atoms with Crippen molar-refractivity contribution in [3.05, 3.63) is 59.8 Å². The first kappa shape index (κ1) is 21.2. The van der Waals surface area contributed by atoms with Crippen molar-refractivity contribution in [2.45, 2.75) is 19.9 Å². The first-order valence-corrected chi connectivity index (χ1v) is 10.6. The molecule has 0 aliphatic carbocycles. The molecule has 6 nitrogen and oxygen atoms in total. The van der Waals surface area contributed by atoms with Crippen LogP contribution in [0.4, 0.5) is 11.5 Å². The molecule has 3 N–H and O–H groups in total. The average molecular weight is 437 g/mol. The van der Waals surface area contributed by atoms with Gasteiger partial charge in [-0.1, -0.05) is 35.9 Å². The lowest BCUT2D eigenvalue weighted by Crippen LogP contribution is -2.49. The fourth-order valence-electron chi connectivity index (χ4n) is 3.88. The highest BCUT2D eigenvalue weighted by Gasteiger charge is 2.18. The molecule has 0 unspecified atom stereocenters. The zero-order valence-electron chi connectivity index (χ0n) is 17.5. The molecule has 1 aliphatic heterocycles. The molecule has 2 heterocycles. The normalized spacial score (nSPS) is 16.2. The third kappa shape index (κ3) is 4.65. The summed E-state index contributed by atoms with van der Waals surface area (Å²) in [7, 11) is 0. The van der Waals surface area contributed by atoms with E-state index >= 15 is 0 Å². The maximum Gasteiger partial charge on any atom is 0.221 e. The quantitative estimate of drug-likeness (QED) is 0.560. The number of pyridine rings is 1. The van der Waals surface area contributed by atoms with Crippen molar-refractivity contribution in [2.24, 2.45) is 0 Å². The number of rotatable bonds is 4. The number of anilines is 2. The molecule has 0 spiro atoms. The molecule has 0 bridgehead atoms. The van der Waals surface area contributed by atoms with Gasteiger partial charge < -0.3 is 20.6 Å². The van der Waals surface area contributed by atoms with E-state index in [1.807, 2.05) is 36.4 Å². The van der Waals surface area contributed by atoms with Gasteiger partial charge in [-0.3, -0.25) is 4.79 Å². The molecule has 31 heavy (non-hydrogen) atoms. The van der Waals surface area contributed by atoms with Gasteiger partial charge in [0.2, 0.25) is 5.91 Å². The van der Waals surface area contributed by atoms with Crippen LogP contribution in [-0.4, -0.2) is 41.7 Å². The summed E-state index contributed by atoms with van der Waals surface area (Å²) in [5, 5.41) is 17.6. The van der Waals surface area contributed by atoms with Crippen LogP contribution >= 0.6 is 11.6 Å². The molecule has 7 heteroatoms. The van der Waals surface area contributed by atoms with Crippen LogP contribution in [-0.2, 0) is 4.79 Å². The Balaban J connectivity index is 1.68. The third-order valence-electron chi connectivity index (χ3n) is 5.38.